The number of nitrogens with zero attached hydrogens (tertiary/aromatic N) is 1. The molecule has 42 heavy (non-hydrogen) atoms. The maximum absolute atomic E-state index is 13.9. The second kappa shape index (κ2) is 14.5. The number of carboxylic acids is 1. The quantitative estimate of drug-likeness (QED) is 0.283. The molecule has 3 N–H and O–H groups in total. The van der Waals surface area contributed by atoms with E-state index in [9.17, 15) is 19.5 Å². The van der Waals surface area contributed by atoms with E-state index in [0.717, 1.165) is 16.9 Å². The first-order valence-electron chi connectivity index (χ1n) is 14.4. The molecule has 0 aromatic heterocycles. The van der Waals surface area contributed by atoms with Gasteiger partial charge in [0.1, 0.15) is 18.4 Å². The van der Waals surface area contributed by atoms with Gasteiger partial charge in [-0.1, -0.05) is 97.0 Å². The van der Waals surface area contributed by atoms with Crippen LogP contribution in [0.2, 0.25) is 0 Å². The molecule has 3 atom stereocenters. The van der Waals surface area contributed by atoms with Crippen LogP contribution < -0.4 is 15.4 Å². The molecule has 0 saturated heterocycles. The van der Waals surface area contributed by atoms with Gasteiger partial charge in [0, 0.05) is 18.0 Å². The zero-order valence-electron chi connectivity index (χ0n) is 26.8. The number of carboxylic acid groups (broad SMARTS) is 1. The highest BCUT2D eigenvalue weighted by molar-refractivity contribution is 5.91. The average molecular weight is 580 g/mol. The summed E-state index contributed by atoms with van der Waals surface area (Å²) >= 11 is 0. The van der Waals surface area contributed by atoms with E-state index in [-0.39, 0.29) is 23.3 Å². The molecule has 0 unspecified atom stereocenters. The predicted molar refractivity (Wildman–Crippen MR) is 167 cm³/mol. The number of ether oxygens (including phenoxy) is 1. The highest BCUT2D eigenvalue weighted by atomic mass is 16.5. The lowest BCUT2D eigenvalue weighted by Crippen LogP contribution is -2.61. The van der Waals surface area contributed by atoms with E-state index in [1.807, 2.05) is 103 Å². The molecule has 8 heteroatoms. The van der Waals surface area contributed by atoms with Crippen molar-refractivity contribution in [2.45, 2.75) is 85.5 Å². The monoisotopic (exact) mass is 579 g/mol. The fourth-order valence-corrected chi connectivity index (χ4v) is 5.01. The van der Waals surface area contributed by atoms with Crippen molar-refractivity contribution in [1.29, 1.82) is 0 Å². The molecule has 8 nitrogen and oxygen atoms in total. The summed E-state index contributed by atoms with van der Waals surface area (Å²) in [5.74, 6) is -0.911. The van der Waals surface area contributed by atoms with Crippen LogP contribution in [-0.4, -0.2) is 60.0 Å². The Balaban J connectivity index is 2.26. The van der Waals surface area contributed by atoms with Crippen LogP contribution in [0.15, 0.2) is 66.2 Å². The van der Waals surface area contributed by atoms with Crippen LogP contribution >= 0.6 is 0 Å². The number of aliphatic carboxylic acids is 1. The highest BCUT2D eigenvalue weighted by Gasteiger charge is 2.41. The van der Waals surface area contributed by atoms with Crippen LogP contribution in [0.4, 0.5) is 0 Å². The lowest BCUT2D eigenvalue weighted by Gasteiger charge is -2.40. The molecule has 0 fully saturated rings. The van der Waals surface area contributed by atoms with Crippen molar-refractivity contribution in [2.75, 3.05) is 14.1 Å². The molecule has 0 heterocycles. The van der Waals surface area contributed by atoms with E-state index in [0.29, 0.717) is 6.61 Å². The Morgan fingerprint density at radius 2 is 1.52 bits per heavy atom. The molecular weight excluding hydrogens is 530 g/mol. The molecule has 230 valence electrons. The Bertz CT molecular complexity index is 1230. The van der Waals surface area contributed by atoms with Gasteiger partial charge in [-0.05, 0) is 48.6 Å². The SMILES string of the molecule is CN[C@H](C(=O)N[C@H](C(=O)N(C)[C@H](C=C(C)C(=O)O)C(C)C)C(C)(C)C)C(C)(C)c1ccc(OCc2ccccc2)cc1. The van der Waals surface area contributed by atoms with Crippen molar-refractivity contribution in [1.82, 2.24) is 15.5 Å². The Labute approximate surface area is 251 Å². The van der Waals surface area contributed by atoms with Crippen LogP contribution in [0.3, 0.4) is 0 Å². The van der Waals surface area contributed by atoms with Crippen LogP contribution in [0, 0.1) is 11.3 Å². The summed E-state index contributed by atoms with van der Waals surface area (Å²) < 4.78 is 5.93. The summed E-state index contributed by atoms with van der Waals surface area (Å²) in [6.45, 7) is 15.5. The third kappa shape index (κ3) is 8.92. The average Bonchev–Trinajstić information content (AvgIpc) is 2.92. The Morgan fingerprint density at radius 1 is 0.952 bits per heavy atom. The van der Waals surface area contributed by atoms with Gasteiger partial charge in [0.25, 0.3) is 0 Å². The Kier molecular flexibility index (Phi) is 11.9. The smallest absolute Gasteiger partial charge is 0.331 e. The van der Waals surface area contributed by atoms with E-state index in [1.165, 1.54) is 6.92 Å². The number of likely N-dealkylation sites (N-methyl/N-ethyl adjacent to an activating group) is 2. The molecule has 2 aromatic carbocycles. The van der Waals surface area contributed by atoms with Gasteiger partial charge in [-0.3, -0.25) is 9.59 Å². The first-order chi connectivity index (χ1) is 19.5. The maximum Gasteiger partial charge on any atom is 0.331 e. The molecule has 0 aliphatic carbocycles. The predicted octanol–water partition coefficient (Wildman–Crippen LogP) is 5.18. The fraction of sp³-hybridized carbons (Fsp3) is 0.500. The van der Waals surface area contributed by atoms with Gasteiger partial charge in [0.2, 0.25) is 11.8 Å². The van der Waals surface area contributed by atoms with Gasteiger partial charge >= 0.3 is 5.97 Å². The Morgan fingerprint density at radius 3 is 2.00 bits per heavy atom. The van der Waals surface area contributed by atoms with Crippen molar-refractivity contribution >= 4 is 17.8 Å². The van der Waals surface area contributed by atoms with Crippen LogP contribution in [0.5, 0.6) is 5.75 Å². The number of carbonyl (C=O) groups excluding carboxylic acids is 2. The van der Waals surface area contributed by atoms with Gasteiger partial charge in [0.15, 0.2) is 0 Å². The van der Waals surface area contributed by atoms with Crippen molar-refractivity contribution in [3.63, 3.8) is 0 Å². The third-order valence-corrected chi connectivity index (χ3v) is 7.75. The van der Waals surface area contributed by atoms with Gasteiger partial charge in [-0.15, -0.1) is 0 Å². The van der Waals surface area contributed by atoms with Crippen molar-refractivity contribution < 1.29 is 24.2 Å². The number of rotatable bonds is 13. The molecule has 2 aromatic rings. The van der Waals surface area contributed by atoms with E-state index in [1.54, 1.807) is 25.1 Å². The normalized spacial score (nSPS) is 14.6. The molecule has 0 bridgehead atoms. The summed E-state index contributed by atoms with van der Waals surface area (Å²) in [4.78, 5) is 40.7. The molecular formula is C34H49N3O5. The summed E-state index contributed by atoms with van der Waals surface area (Å²) in [6.07, 6.45) is 1.60. The highest BCUT2D eigenvalue weighted by Crippen LogP contribution is 2.30. The van der Waals surface area contributed by atoms with Gasteiger partial charge in [-0.2, -0.15) is 0 Å². The summed E-state index contributed by atoms with van der Waals surface area (Å²) in [5, 5.41) is 15.6. The molecule has 2 amide bonds. The second-order valence-corrected chi connectivity index (χ2v) is 12.9. The minimum atomic E-state index is -1.03. The van der Waals surface area contributed by atoms with Gasteiger partial charge < -0.3 is 25.4 Å². The van der Waals surface area contributed by atoms with Crippen molar-refractivity contribution in [2.24, 2.45) is 11.3 Å². The topological polar surface area (TPSA) is 108 Å². The zero-order valence-corrected chi connectivity index (χ0v) is 26.8. The number of benzene rings is 2. The number of amides is 2. The van der Waals surface area contributed by atoms with Crippen molar-refractivity contribution in [3.05, 3.63) is 77.4 Å². The van der Waals surface area contributed by atoms with Crippen LogP contribution in [0.25, 0.3) is 0 Å². The fourth-order valence-electron chi connectivity index (χ4n) is 5.01. The number of hydrogen-bond acceptors (Lipinski definition) is 5. The number of hydrogen-bond donors (Lipinski definition) is 3. The largest absolute Gasteiger partial charge is 0.489 e. The first kappa shape index (κ1) is 34.6. The third-order valence-electron chi connectivity index (χ3n) is 7.75. The molecule has 0 aliphatic rings. The van der Waals surface area contributed by atoms with Crippen molar-refractivity contribution in [3.8, 4) is 5.75 Å². The zero-order chi connectivity index (χ0) is 31.8. The van der Waals surface area contributed by atoms with Crippen LogP contribution in [0.1, 0.15) is 66.5 Å². The lowest BCUT2D eigenvalue weighted by molar-refractivity contribution is -0.141. The van der Waals surface area contributed by atoms with Gasteiger partial charge in [0.05, 0.1) is 12.1 Å². The number of nitrogens with one attached hydrogen (secondary N) is 2. The van der Waals surface area contributed by atoms with E-state index >= 15 is 0 Å². The standard InChI is InChI=1S/C34H49N3O5/c1-22(2)27(20-23(3)32(40)41)37(10)31(39)29(33(4,5)6)36-30(38)28(35-9)34(7,8)25-16-18-26(19-17-25)42-21-24-14-12-11-13-15-24/h11-20,22,27-29,35H,21H2,1-10H3,(H,36,38)(H,40,41)/t27-,28-,29-/m1/s1. The minimum Gasteiger partial charge on any atom is -0.489 e. The summed E-state index contributed by atoms with van der Waals surface area (Å²) in [6, 6.07) is 15.7. The Hall–Kier alpha value is -3.65. The first-order valence-corrected chi connectivity index (χ1v) is 14.4. The number of carbonyl (C=O) groups is 3. The van der Waals surface area contributed by atoms with E-state index in [4.69, 9.17) is 4.74 Å². The summed E-state index contributed by atoms with van der Waals surface area (Å²) in [7, 11) is 3.39. The molecule has 0 aliphatic heterocycles. The summed E-state index contributed by atoms with van der Waals surface area (Å²) in [5.41, 5.74) is 0.951. The van der Waals surface area contributed by atoms with E-state index in [2.05, 4.69) is 10.6 Å². The second-order valence-electron chi connectivity index (χ2n) is 12.9. The molecule has 0 radical (unpaired) electrons. The molecule has 0 saturated carbocycles. The molecule has 2 rings (SSSR count). The van der Waals surface area contributed by atoms with Gasteiger partial charge in [-0.25, -0.2) is 4.79 Å². The minimum absolute atomic E-state index is 0.0341. The molecule has 0 spiro atoms. The lowest BCUT2D eigenvalue weighted by atomic mass is 9.76. The van der Waals surface area contributed by atoms with Crippen LogP contribution in [-0.2, 0) is 26.4 Å². The maximum atomic E-state index is 13.9. The van der Waals surface area contributed by atoms with E-state index < -0.39 is 34.9 Å².